The number of nitrogens with zero attached hydrogens (tertiary/aromatic N) is 3. The summed E-state index contributed by atoms with van der Waals surface area (Å²) < 4.78 is 0. The van der Waals surface area contributed by atoms with Gasteiger partial charge >= 0.3 is 0 Å². The normalized spacial score (nSPS) is 11.8. The molecule has 1 unspecified atom stereocenters. The Morgan fingerprint density at radius 2 is 1.95 bits per heavy atom. The van der Waals surface area contributed by atoms with Gasteiger partial charge in [0.1, 0.15) is 5.82 Å². The second-order valence-electron chi connectivity index (χ2n) is 4.95. The van der Waals surface area contributed by atoms with Gasteiger partial charge in [0.05, 0.1) is 11.8 Å². The molecule has 1 aromatic heterocycles. The third-order valence-electron chi connectivity index (χ3n) is 3.55. The first-order chi connectivity index (χ1) is 9.74. The predicted octanol–water partition coefficient (Wildman–Crippen LogP) is 4.11. The first-order valence-corrected chi connectivity index (χ1v) is 7.03. The van der Waals surface area contributed by atoms with E-state index in [1.165, 1.54) is 5.56 Å². The van der Waals surface area contributed by atoms with Gasteiger partial charge in [0.15, 0.2) is 0 Å². The number of rotatable bonds is 5. The van der Waals surface area contributed by atoms with Crippen molar-refractivity contribution in [1.29, 1.82) is 5.26 Å². The van der Waals surface area contributed by atoms with Crippen LogP contribution in [-0.4, -0.2) is 9.97 Å². The summed E-state index contributed by atoms with van der Waals surface area (Å²) in [6, 6.07) is 12.6. The molecule has 0 saturated heterocycles. The smallest absolute Gasteiger partial charge is 0.129 e. The van der Waals surface area contributed by atoms with Crippen molar-refractivity contribution < 1.29 is 0 Å². The Morgan fingerprint density at radius 3 is 2.60 bits per heavy atom. The summed E-state index contributed by atoms with van der Waals surface area (Å²) in [6.07, 6.45) is 3.97. The molecular formula is C17H19N3. The van der Waals surface area contributed by atoms with E-state index in [2.05, 4.69) is 54.2 Å². The quantitative estimate of drug-likeness (QED) is 0.817. The topological polar surface area (TPSA) is 49.6 Å². The highest BCUT2D eigenvalue weighted by Gasteiger charge is 2.05. The second-order valence-corrected chi connectivity index (χ2v) is 4.95. The first-order valence-electron chi connectivity index (χ1n) is 7.03. The Labute approximate surface area is 120 Å². The molecule has 0 radical (unpaired) electrons. The van der Waals surface area contributed by atoms with Crippen molar-refractivity contribution in [3.8, 4) is 17.3 Å². The monoisotopic (exact) mass is 265 g/mol. The molecule has 1 aromatic carbocycles. The number of hydrogen-bond acceptors (Lipinski definition) is 3. The second kappa shape index (κ2) is 6.81. The van der Waals surface area contributed by atoms with Crippen LogP contribution in [0.3, 0.4) is 0 Å². The lowest BCUT2D eigenvalue weighted by Crippen LogP contribution is -1.96. The van der Waals surface area contributed by atoms with Crippen LogP contribution in [0.4, 0.5) is 0 Å². The molecule has 0 aliphatic heterocycles. The highest BCUT2D eigenvalue weighted by molar-refractivity contribution is 5.59. The predicted molar refractivity (Wildman–Crippen MR) is 80.1 cm³/mol. The van der Waals surface area contributed by atoms with E-state index in [1.807, 2.05) is 6.07 Å². The third kappa shape index (κ3) is 3.42. The van der Waals surface area contributed by atoms with Crippen LogP contribution in [0.5, 0.6) is 0 Å². The highest BCUT2D eigenvalue weighted by atomic mass is 14.9. The van der Waals surface area contributed by atoms with Gasteiger partial charge in [-0.05, 0) is 24.0 Å². The molecule has 0 aliphatic rings. The van der Waals surface area contributed by atoms with Crippen molar-refractivity contribution in [1.82, 2.24) is 9.97 Å². The maximum Gasteiger partial charge on any atom is 0.129 e. The summed E-state index contributed by atoms with van der Waals surface area (Å²) in [5.74, 6) is 1.32. The van der Waals surface area contributed by atoms with Crippen molar-refractivity contribution in [2.24, 2.45) is 0 Å². The molecule has 0 fully saturated rings. The Kier molecular flexibility index (Phi) is 4.84. The number of aromatic nitrogens is 2. The van der Waals surface area contributed by atoms with Crippen LogP contribution >= 0.6 is 0 Å². The molecule has 0 amide bonds. The highest BCUT2D eigenvalue weighted by Crippen LogP contribution is 2.23. The Hall–Kier alpha value is -2.21. The van der Waals surface area contributed by atoms with Gasteiger partial charge in [-0.15, -0.1) is 0 Å². The van der Waals surface area contributed by atoms with Crippen molar-refractivity contribution in [3.63, 3.8) is 0 Å². The Bertz CT molecular complexity index is 596. The van der Waals surface area contributed by atoms with E-state index in [4.69, 9.17) is 5.26 Å². The van der Waals surface area contributed by atoms with Gasteiger partial charge in [-0.25, -0.2) is 9.97 Å². The van der Waals surface area contributed by atoms with Gasteiger partial charge in [0.2, 0.25) is 0 Å². The summed E-state index contributed by atoms with van der Waals surface area (Å²) in [5.41, 5.74) is 3.37. The molecule has 0 spiro atoms. The Balaban J connectivity index is 2.21. The summed E-state index contributed by atoms with van der Waals surface area (Å²) in [6.45, 7) is 4.43. The molecular weight excluding hydrogens is 246 g/mol. The van der Waals surface area contributed by atoms with Crippen LogP contribution in [-0.2, 0) is 6.42 Å². The molecule has 1 heterocycles. The van der Waals surface area contributed by atoms with E-state index in [1.54, 1.807) is 6.20 Å². The van der Waals surface area contributed by atoms with Crippen LogP contribution in [0.15, 0.2) is 36.5 Å². The van der Waals surface area contributed by atoms with E-state index < -0.39 is 0 Å². The lowest BCUT2D eigenvalue weighted by Gasteiger charge is -2.09. The zero-order chi connectivity index (χ0) is 14.4. The molecule has 20 heavy (non-hydrogen) atoms. The largest absolute Gasteiger partial charge is 0.241 e. The van der Waals surface area contributed by atoms with Crippen LogP contribution in [0.1, 0.15) is 44.0 Å². The standard InChI is InChI=1S/C17H19N3/c1-3-13(2)14-6-8-15(9-7-14)16-10-12-19-17(20-16)5-4-11-18/h6-10,12-13H,3-5H2,1-2H3. The average Bonchev–Trinajstić information content (AvgIpc) is 2.52. The van der Waals surface area contributed by atoms with Crippen molar-refractivity contribution in [2.75, 3.05) is 0 Å². The minimum atomic E-state index is 0.455. The van der Waals surface area contributed by atoms with Gasteiger partial charge in [-0.3, -0.25) is 0 Å². The zero-order valence-corrected chi connectivity index (χ0v) is 12.0. The van der Waals surface area contributed by atoms with Crippen LogP contribution in [0.2, 0.25) is 0 Å². The maximum absolute atomic E-state index is 8.61. The molecule has 2 aromatic rings. The zero-order valence-electron chi connectivity index (χ0n) is 12.0. The molecule has 3 heteroatoms. The van der Waals surface area contributed by atoms with E-state index in [0.717, 1.165) is 23.5 Å². The van der Waals surface area contributed by atoms with Crippen LogP contribution in [0.25, 0.3) is 11.3 Å². The fourth-order valence-electron chi connectivity index (χ4n) is 2.07. The lowest BCUT2D eigenvalue weighted by molar-refractivity contribution is 0.734. The molecule has 0 N–H and O–H groups in total. The van der Waals surface area contributed by atoms with E-state index >= 15 is 0 Å². The molecule has 2 rings (SSSR count). The molecule has 0 bridgehead atoms. The summed E-state index contributed by atoms with van der Waals surface area (Å²) >= 11 is 0. The van der Waals surface area contributed by atoms with Gasteiger partial charge < -0.3 is 0 Å². The van der Waals surface area contributed by atoms with E-state index in [0.29, 0.717) is 18.8 Å². The summed E-state index contributed by atoms with van der Waals surface area (Å²) in [7, 11) is 0. The van der Waals surface area contributed by atoms with Crippen molar-refractivity contribution >= 4 is 0 Å². The number of benzene rings is 1. The lowest BCUT2D eigenvalue weighted by atomic mass is 9.97. The van der Waals surface area contributed by atoms with Crippen LogP contribution in [0, 0.1) is 11.3 Å². The molecule has 102 valence electrons. The average molecular weight is 265 g/mol. The van der Waals surface area contributed by atoms with Gasteiger partial charge in [-0.1, -0.05) is 38.1 Å². The summed E-state index contributed by atoms with van der Waals surface area (Å²) in [5, 5.41) is 8.61. The number of aryl methyl sites for hydroxylation is 1. The van der Waals surface area contributed by atoms with Gasteiger partial charge in [0.25, 0.3) is 0 Å². The number of hydrogen-bond donors (Lipinski definition) is 0. The summed E-state index contributed by atoms with van der Waals surface area (Å²) in [4.78, 5) is 8.71. The minimum absolute atomic E-state index is 0.455. The third-order valence-corrected chi connectivity index (χ3v) is 3.55. The maximum atomic E-state index is 8.61. The number of nitriles is 1. The van der Waals surface area contributed by atoms with E-state index in [-0.39, 0.29) is 0 Å². The fraction of sp³-hybridized carbons (Fsp3) is 0.353. The van der Waals surface area contributed by atoms with Crippen molar-refractivity contribution in [2.45, 2.75) is 39.0 Å². The first kappa shape index (κ1) is 14.2. The van der Waals surface area contributed by atoms with Gasteiger partial charge in [-0.2, -0.15) is 5.26 Å². The Morgan fingerprint density at radius 1 is 1.20 bits per heavy atom. The fourth-order valence-corrected chi connectivity index (χ4v) is 2.07. The minimum Gasteiger partial charge on any atom is -0.241 e. The molecule has 0 aliphatic carbocycles. The SMILES string of the molecule is CCC(C)c1ccc(-c2ccnc(CCC#N)n2)cc1. The van der Waals surface area contributed by atoms with Gasteiger partial charge in [0, 0.05) is 24.6 Å². The van der Waals surface area contributed by atoms with Crippen molar-refractivity contribution in [3.05, 3.63) is 47.9 Å². The molecule has 1 atom stereocenters. The van der Waals surface area contributed by atoms with Crippen LogP contribution < -0.4 is 0 Å². The molecule has 3 nitrogen and oxygen atoms in total. The van der Waals surface area contributed by atoms with E-state index in [9.17, 15) is 0 Å². The molecule has 0 saturated carbocycles.